The molecular weight excluding hydrogens is 487 g/mol. The highest BCUT2D eigenvalue weighted by atomic mass is 32.1. The van der Waals surface area contributed by atoms with Gasteiger partial charge in [0.2, 0.25) is 0 Å². The number of pyridine rings is 2. The Labute approximate surface area is 215 Å². The lowest BCUT2D eigenvalue weighted by atomic mass is 9.84. The SMILES string of the molecule is OC(Nc1cncc(-c2ccc3[nH]nc(-c4cc5c(-c6ccc(F)s6)cccc5[nH]4)c3n2)c1)C1CCC1. The van der Waals surface area contributed by atoms with Crippen LogP contribution in [0.15, 0.2) is 67.0 Å². The van der Waals surface area contributed by atoms with E-state index in [9.17, 15) is 9.50 Å². The second-order valence-corrected chi connectivity index (χ2v) is 10.5. The Balaban J connectivity index is 1.26. The fraction of sp³-hybridized carbons (Fsp3) is 0.179. The molecule has 0 bridgehead atoms. The Kier molecular flexibility index (Phi) is 5.26. The van der Waals surface area contributed by atoms with Crippen LogP contribution in [0, 0.1) is 11.0 Å². The van der Waals surface area contributed by atoms with Crippen molar-refractivity contribution in [3.05, 3.63) is 72.1 Å². The smallest absolute Gasteiger partial charge is 0.176 e. The standard InChI is InChI=1S/C28H23FN6OS/c29-25-10-9-24(37-25)18-5-2-6-21-19(18)12-23(32-21)27-26-22(34-35-27)8-7-20(33-26)16-11-17(14-30-13-16)31-28(36)15-3-1-4-15/h2,5-15,28,31-32,36H,1,3-4H2,(H,34,35). The molecule has 0 aliphatic heterocycles. The molecule has 1 unspecified atom stereocenters. The maximum atomic E-state index is 13.7. The van der Waals surface area contributed by atoms with Crippen LogP contribution in [0.3, 0.4) is 0 Å². The number of anilines is 1. The molecule has 37 heavy (non-hydrogen) atoms. The normalized spacial score (nSPS) is 14.8. The average Bonchev–Trinajstić information content (AvgIpc) is 3.60. The topological polar surface area (TPSA) is 103 Å². The van der Waals surface area contributed by atoms with Crippen LogP contribution in [-0.4, -0.2) is 36.5 Å². The highest BCUT2D eigenvalue weighted by Crippen LogP contribution is 2.37. The van der Waals surface area contributed by atoms with Gasteiger partial charge in [0.25, 0.3) is 0 Å². The largest absolute Gasteiger partial charge is 0.374 e. The molecule has 1 saturated carbocycles. The number of thiophene rings is 1. The quantitative estimate of drug-likeness (QED) is 0.190. The predicted molar refractivity (Wildman–Crippen MR) is 145 cm³/mol. The highest BCUT2D eigenvalue weighted by molar-refractivity contribution is 7.14. The van der Waals surface area contributed by atoms with Gasteiger partial charge in [0.15, 0.2) is 5.13 Å². The third kappa shape index (κ3) is 3.96. The Hall–Kier alpha value is -4.08. The molecule has 5 aromatic heterocycles. The molecule has 0 radical (unpaired) electrons. The van der Waals surface area contributed by atoms with E-state index in [1.807, 2.05) is 42.5 Å². The number of fused-ring (bicyclic) bond motifs is 2. The molecule has 1 aliphatic rings. The first-order valence-corrected chi connectivity index (χ1v) is 13.1. The number of aliphatic hydroxyl groups excluding tert-OH is 1. The van der Waals surface area contributed by atoms with E-state index in [4.69, 9.17) is 4.98 Å². The number of nitrogens with zero attached hydrogens (tertiary/aromatic N) is 3. The van der Waals surface area contributed by atoms with Gasteiger partial charge in [-0.2, -0.15) is 9.49 Å². The molecule has 7 nitrogen and oxygen atoms in total. The molecule has 1 aliphatic carbocycles. The van der Waals surface area contributed by atoms with Crippen LogP contribution < -0.4 is 5.32 Å². The Morgan fingerprint density at radius 2 is 1.97 bits per heavy atom. The molecule has 0 saturated heterocycles. The summed E-state index contributed by atoms with van der Waals surface area (Å²) < 4.78 is 13.7. The Morgan fingerprint density at radius 3 is 2.78 bits per heavy atom. The molecule has 1 fully saturated rings. The van der Waals surface area contributed by atoms with E-state index in [1.165, 1.54) is 12.5 Å². The molecule has 4 N–H and O–H groups in total. The fourth-order valence-electron chi connectivity index (χ4n) is 4.91. The second-order valence-electron chi connectivity index (χ2n) is 9.46. The summed E-state index contributed by atoms with van der Waals surface area (Å²) in [6, 6.07) is 17.2. The lowest BCUT2D eigenvalue weighted by Gasteiger charge is -2.31. The summed E-state index contributed by atoms with van der Waals surface area (Å²) in [5, 5.41) is 22.0. The average molecular weight is 511 g/mol. The van der Waals surface area contributed by atoms with Gasteiger partial charge < -0.3 is 15.4 Å². The van der Waals surface area contributed by atoms with Gasteiger partial charge >= 0.3 is 0 Å². The van der Waals surface area contributed by atoms with Crippen molar-refractivity contribution in [3.63, 3.8) is 0 Å². The summed E-state index contributed by atoms with van der Waals surface area (Å²) in [6.07, 6.45) is 6.17. The molecule has 0 spiro atoms. The van der Waals surface area contributed by atoms with Crippen molar-refractivity contribution in [2.24, 2.45) is 5.92 Å². The van der Waals surface area contributed by atoms with E-state index >= 15 is 0 Å². The maximum absolute atomic E-state index is 13.7. The number of halogens is 1. The van der Waals surface area contributed by atoms with Gasteiger partial charge in [-0.3, -0.25) is 10.1 Å². The predicted octanol–water partition coefficient (Wildman–Crippen LogP) is 6.57. The molecule has 6 aromatic rings. The number of aromatic amines is 2. The van der Waals surface area contributed by atoms with E-state index < -0.39 is 6.23 Å². The summed E-state index contributed by atoms with van der Waals surface area (Å²) in [5.74, 6) is 0.294. The summed E-state index contributed by atoms with van der Waals surface area (Å²) in [4.78, 5) is 13.6. The van der Waals surface area contributed by atoms with Gasteiger partial charge in [0.1, 0.15) is 17.4 Å². The minimum atomic E-state index is -0.570. The van der Waals surface area contributed by atoms with Crippen LogP contribution in [0.1, 0.15) is 19.3 Å². The van der Waals surface area contributed by atoms with Crippen molar-refractivity contribution in [2.45, 2.75) is 25.5 Å². The van der Waals surface area contributed by atoms with E-state index in [0.29, 0.717) is 11.6 Å². The third-order valence-electron chi connectivity index (χ3n) is 7.11. The molecule has 0 amide bonds. The lowest BCUT2D eigenvalue weighted by molar-refractivity contribution is 0.0851. The zero-order valence-electron chi connectivity index (χ0n) is 19.7. The van der Waals surface area contributed by atoms with Crippen LogP contribution in [-0.2, 0) is 0 Å². The summed E-state index contributed by atoms with van der Waals surface area (Å²) in [5.41, 5.74) is 7.38. The lowest BCUT2D eigenvalue weighted by Crippen LogP contribution is -2.33. The van der Waals surface area contributed by atoms with Gasteiger partial charge in [0, 0.05) is 39.0 Å². The van der Waals surface area contributed by atoms with E-state index in [-0.39, 0.29) is 5.13 Å². The summed E-state index contributed by atoms with van der Waals surface area (Å²) in [7, 11) is 0. The van der Waals surface area contributed by atoms with Gasteiger partial charge in [0.05, 0.1) is 28.8 Å². The molecular formula is C28H23FN6OS. The molecule has 1 atom stereocenters. The molecule has 5 heterocycles. The van der Waals surface area contributed by atoms with Gasteiger partial charge in [-0.25, -0.2) is 4.98 Å². The number of nitrogens with one attached hydrogen (secondary N) is 3. The minimum Gasteiger partial charge on any atom is -0.374 e. The molecule has 7 rings (SSSR count). The van der Waals surface area contributed by atoms with E-state index in [0.717, 1.165) is 79.2 Å². The summed E-state index contributed by atoms with van der Waals surface area (Å²) >= 11 is 1.13. The van der Waals surface area contributed by atoms with Crippen molar-refractivity contribution >= 4 is 39.0 Å². The first kappa shape index (κ1) is 22.1. The van der Waals surface area contributed by atoms with Gasteiger partial charge in [-0.1, -0.05) is 18.6 Å². The zero-order valence-corrected chi connectivity index (χ0v) is 20.5. The van der Waals surface area contributed by atoms with Crippen LogP contribution in [0.25, 0.3) is 55.0 Å². The second kappa shape index (κ2) is 8.79. The maximum Gasteiger partial charge on any atom is 0.176 e. The first-order valence-electron chi connectivity index (χ1n) is 12.3. The van der Waals surface area contributed by atoms with Gasteiger partial charge in [-0.15, -0.1) is 11.3 Å². The first-order chi connectivity index (χ1) is 18.1. The Morgan fingerprint density at radius 1 is 1.05 bits per heavy atom. The number of hydrogen-bond donors (Lipinski definition) is 4. The number of hydrogen-bond acceptors (Lipinski definition) is 6. The number of rotatable bonds is 6. The van der Waals surface area contributed by atoms with Crippen molar-refractivity contribution in [1.29, 1.82) is 0 Å². The van der Waals surface area contributed by atoms with E-state index in [2.05, 4.69) is 25.5 Å². The van der Waals surface area contributed by atoms with Crippen molar-refractivity contribution in [1.82, 2.24) is 25.1 Å². The fourth-order valence-corrected chi connectivity index (χ4v) is 5.68. The van der Waals surface area contributed by atoms with Crippen LogP contribution in [0.5, 0.6) is 0 Å². The number of aromatic nitrogens is 5. The Bertz CT molecular complexity index is 1750. The van der Waals surface area contributed by atoms with Gasteiger partial charge in [-0.05, 0) is 55.3 Å². The monoisotopic (exact) mass is 510 g/mol. The number of benzene rings is 1. The third-order valence-corrected chi connectivity index (χ3v) is 8.02. The molecule has 1 aromatic carbocycles. The van der Waals surface area contributed by atoms with E-state index in [1.54, 1.807) is 18.5 Å². The molecule has 9 heteroatoms. The van der Waals surface area contributed by atoms with Crippen LogP contribution in [0.4, 0.5) is 10.1 Å². The zero-order chi connectivity index (χ0) is 24.9. The van der Waals surface area contributed by atoms with Crippen LogP contribution >= 0.6 is 11.3 Å². The number of aliphatic hydroxyl groups is 1. The summed E-state index contributed by atoms with van der Waals surface area (Å²) in [6.45, 7) is 0. The van der Waals surface area contributed by atoms with Crippen molar-refractivity contribution in [3.8, 4) is 33.1 Å². The van der Waals surface area contributed by atoms with Crippen molar-refractivity contribution in [2.75, 3.05) is 5.32 Å². The van der Waals surface area contributed by atoms with Crippen LogP contribution in [0.2, 0.25) is 0 Å². The van der Waals surface area contributed by atoms with Crippen molar-refractivity contribution < 1.29 is 9.50 Å². The molecule has 184 valence electrons. The number of H-pyrrole nitrogens is 2. The minimum absolute atomic E-state index is 0.205. The highest BCUT2D eigenvalue weighted by Gasteiger charge is 2.25.